The average molecular weight is 199 g/mol. The van der Waals surface area contributed by atoms with Crippen LogP contribution in [0.15, 0.2) is 0 Å². The van der Waals surface area contributed by atoms with E-state index in [1.807, 2.05) is 0 Å². The van der Waals surface area contributed by atoms with Crippen LogP contribution in [0.3, 0.4) is 0 Å². The van der Waals surface area contributed by atoms with E-state index in [0.717, 1.165) is 17.9 Å². The molecule has 13 heavy (non-hydrogen) atoms. The summed E-state index contributed by atoms with van der Waals surface area (Å²) in [5, 5.41) is 3.73. The van der Waals surface area contributed by atoms with Crippen LogP contribution in [0.5, 0.6) is 0 Å². The van der Waals surface area contributed by atoms with Gasteiger partial charge in [0.15, 0.2) is 0 Å². The van der Waals surface area contributed by atoms with Gasteiger partial charge in [-0.25, -0.2) is 0 Å². The third kappa shape index (κ3) is 2.21. The van der Waals surface area contributed by atoms with Gasteiger partial charge in [-0.2, -0.15) is 11.8 Å². The fourth-order valence-electron chi connectivity index (χ4n) is 2.14. The maximum absolute atomic E-state index is 3.73. The Morgan fingerprint density at radius 1 is 1.38 bits per heavy atom. The number of hydrogen-bond acceptors (Lipinski definition) is 2. The number of hydrogen-bond donors (Lipinski definition) is 1. The molecule has 3 atom stereocenters. The van der Waals surface area contributed by atoms with Gasteiger partial charge in [-0.15, -0.1) is 0 Å². The van der Waals surface area contributed by atoms with Crippen molar-refractivity contribution in [3.05, 3.63) is 0 Å². The molecule has 0 aromatic heterocycles. The Morgan fingerprint density at radius 2 is 2.08 bits per heavy atom. The highest BCUT2D eigenvalue weighted by Crippen LogP contribution is 2.51. The van der Waals surface area contributed by atoms with Crippen LogP contribution in [-0.4, -0.2) is 24.1 Å². The highest BCUT2D eigenvalue weighted by Gasteiger charge is 2.45. The molecule has 76 valence electrons. The van der Waals surface area contributed by atoms with E-state index >= 15 is 0 Å². The van der Waals surface area contributed by atoms with Crippen LogP contribution in [0.4, 0.5) is 0 Å². The van der Waals surface area contributed by atoms with Crippen molar-refractivity contribution in [1.29, 1.82) is 0 Å². The van der Waals surface area contributed by atoms with Crippen molar-refractivity contribution in [3.8, 4) is 0 Å². The standard InChI is InChI=1S/C11H21NS/c1-8-6-13-7-10(8)12-5-9-4-11(9,2)3/h8-10,12H,4-7H2,1-3H3. The van der Waals surface area contributed by atoms with Crippen LogP contribution in [0.25, 0.3) is 0 Å². The minimum absolute atomic E-state index is 0.641. The van der Waals surface area contributed by atoms with E-state index in [0.29, 0.717) is 5.41 Å². The minimum Gasteiger partial charge on any atom is -0.313 e. The van der Waals surface area contributed by atoms with Crippen LogP contribution in [0, 0.1) is 17.3 Å². The van der Waals surface area contributed by atoms with E-state index in [-0.39, 0.29) is 0 Å². The molecule has 1 N–H and O–H groups in total. The quantitative estimate of drug-likeness (QED) is 0.749. The highest BCUT2D eigenvalue weighted by molar-refractivity contribution is 7.99. The molecule has 0 spiro atoms. The smallest absolute Gasteiger partial charge is 0.0191 e. The first-order valence-electron chi connectivity index (χ1n) is 5.41. The maximum Gasteiger partial charge on any atom is 0.0191 e. The summed E-state index contributed by atoms with van der Waals surface area (Å²) in [6.45, 7) is 8.39. The molecule has 1 aliphatic heterocycles. The van der Waals surface area contributed by atoms with E-state index in [2.05, 4.69) is 37.8 Å². The van der Waals surface area contributed by atoms with Crippen molar-refractivity contribution in [2.75, 3.05) is 18.1 Å². The largest absolute Gasteiger partial charge is 0.313 e. The van der Waals surface area contributed by atoms with Crippen LogP contribution in [0.1, 0.15) is 27.2 Å². The highest BCUT2D eigenvalue weighted by atomic mass is 32.2. The molecule has 0 bridgehead atoms. The van der Waals surface area contributed by atoms with Gasteiger partial charge < -0.3 is 5.32 Å². The SMILES string of the molecule is CC1CSCC1NCC1CC1(C)C. The van der Waals surface area contributed by atoms with Crippen LogP contribution in [-0.2, 0) is 0 Å². The fourth-order valence-corrected chi connectivity index (χ4v) is 3.58. The van der Waals surface area contributed by atoms with Gasteiger partial charge in [0, 0.05) is 11.8 Å². The topological polar surface area (TPSA) is 12.0 Å². The second-order valence-corrected chi connectivity index (χ2v) is 6.49. The summed E-state index contributed by atoms with van der Waals surface area (Å²) in [5.74, 6) is 4.51. The van der Waals surface area contributed by atoms with Gasteiger partial charge in [0.2, 0.25) is 0 Å². The Bertz CT molecular complexity index is 191. The monoisotopic (exact) mass is 199 g/mol. The molecule has 1 heterocycles. The van der Waals surface area contributed by atoms with Gasteiger partial charge in [0.25, 0.3) is 0 Å². The second kappa shape index (κ2) is 3.47. The summed E-state index contributed by atoms with van der Waals surface area (Å²) >= 11 is 2.10. The molecule has 0 amide bonds. The van der Waals surface area contributed by atoms with E-state index in [1.165, 1.54) is 24.5 Å². The number of thioether (sulfide) groups is 1. The summed E-state index contributed by atoms with van der Waals surface area (Å²) in [6.07, 6.45) is 1.42. The molecular formula is C11H21NS. The van der Waals surface area contributed by atoms with E-state index < -0.39 is 0 Å². The third-order valence-corrected chi connectivity index (χ3v) is 5.07. The molecule has 0 radical (unpaired) electrons. The van der Waals surface area contributed by atoms with Gasteiger partial charge in [-0.1, -0.05) is 20.8 Å². The van der Waals surface area contributed by atoms with Gasteiger partial charge >= 0.3 is 0 Å². The Morgan fingerprint density at radius 3 is 2.54 bits per heavy atom. The van der Waals surface area contributed by atoms with Crippen molar-refractivity contribution >= 4 is 11.8 Å². The predicted octanol–water partition coefficient (Wildman–Crippen LogP) is 2.37. The fraction of sp³-hybridized carbons (Fsp3) is 1.00. The Kier molecular flexibility index (Phi) is 2.63. The molecule has 1 saturated heterocycles. The summed E-state index contributed by atoms with van der Waals surface area (Å²) in [5.41, 5.74) is 0.641. The minimum atomic E-state index is 0.641. The molecular weight excluding hydrogens is 178 g/mol. The molecule has 2 aliphatic rings. The molecule has 1 saturated carbocycles. The van der Waals surface area contributed by atoms with Gasteiger partial charge in [-0.3, -0.25) is 0 Å². The first-order chi connectivity index (χ1) is 6.09. The molecule has 2 fully saturated rings. The molecule has 3 unspecified atom stereocenters. The lowest BCUT2D eigenvalue weighted by Gasteiger charge is -2.16. The van der Waals surface area contributed by atoms with Crippen molar-refractivity contribution in [3.63, 3.8) is 0 Å². The van der Waals surface area contributed by atoms with Crippen LogP contribution < -0.4 is 5.32 Å². The summed E-state index contributed by atoms with van der Waals surface area (Å²) in [7, 11) is 0. The lowest BCUT2D eigenvalue weighted by molar-refractivity contribution is 0.423. The molecule has 2 heteroatoms. The number of rotatable bonds is 3. The van der Waals surface area contributed by atoms with Crippen molar-refractivity contribution < 1.29 is 0 Å². The zero-order valence-corrected chi connectivity index (χ0v) is 9.79. The third-order valence-electron chi connectivity index (χ3n) is 3.71. The summed E-state index contributed by atoms with van der Waals surface area (Å²) < 4.78 is 0. The summed E-state index contributed by atoms with van der Waals surface area (Å²) in [6, 6.07) is 0.793. The Labute approximate surface area is 86.0 Å². The van der Waals surface area contributed by atoms with Crippen molar-refractivity contribution in [2.24, 2.45) is 17.3 Å². The zero-order valence-electron chi connectivity index (χ0n) is 8.97. The lowest BCUT2D eigenvalue weighted by atomic mass is 10.1. The second-order valence-electron chi connectivity index (χ2n) is 5.42. The van der Waals surface area contributed by atoms with E-state index in [9.17, 15) is 0 Å². The first kappa shape index (κ1) is 9.85. The predicted molar refractivity (Wildman–Crippen MR) is 60.2 cm³/mol. The van der Waals surface area contributed by atoms with Gasteiger partial charge in [-0.05, 0) is 36.0 Å². The first-order valence-corrected chi connectivity index (χ1v) is 6.56. The number of nitrogens with one attached hydrogen (secondary N) is 1. The normalized spacial score (nSPS) is 42.2. The van der Waals surface area contributed by atoms with Crippen molar-refractivity contribution in [1.82, 2.24) is 5.32 Å². The molecule has 1 aliphatic carbocycles. The van der Waals surface area contributed by atoms with Crippen molar-refractivity contribution in [2.45, 2.75) is 33.2 Å². The molecule has 0 aromatic rings. The lowest BCUT2D eigenvalue weighted by Crippen LogP contribution is -2.35. The molecule has 2 rings (SSSR count). The van der Waals surface area contributed by atoms with Gasteiger partial charge in [0.05, 0.1) is 0 Å². The maximum atomic E-state index is 3.73. The van der Waals surface area contributed by atoms with E-state index in [1.54, 1.807) is 0 Å². The average Bonchev–Trinajstić information content (AvgIpc) is 2.47. The van der Waals surface area contributed by atoms with Crippen LogP contribution >= 0.6 is 11.8 Å². The summed E-state index contributed by atoms with van der Waals surface area (Å²) in [4.78, 5) is 0. The molecule has 1 nitrogen and oxygen atoms in total. The Hall–Kier alpha value is 0.310. The van der Waals surface area contributed by atoms with Gasteiger partial charge in [0.1, 0.15) is 0 Å². The zero-order chi connectivity index (χ0) is 9.47. The molecule has 0 aromatic carbocycles. The van der Waals surface area contributed by atoms with Crippen LogP contribution in [0.2, 0.25) is 0 Å². The van der Waals surface area contributed by atoms with E-state index in [4.69, 9.17) is 0 Å². The Balaban J connectivity index is 1.68.